The minimum atomic E-state index is -0.662. The van der Waals surface area contributed by atoms with Gasteiger partial charge >= 0.3 is 0 Å². The maximum atomic E-state index is 10.9. The van der Waals surface area contributed by atoms with Gasteiger partial charge in [0.05, 0.1) is 5.60 Å². The molecule has 1 atom stereocenters. The van der Waals surface area contributed by atoms with Gasteiger partial charge in [0.1, 0.15) is 0 Å². The fourth-order valence-electron chi connectivity index (χ4n) is 3.32. The average molecular weight is 310 g/mol. The molecule has 0 aromatic heterocycles. The lowest BCUT2D eigenvalue weighted by atomic mass is 9.84. The predicted octanol–water partition coefficient (Wildman–Crippen LogP) is 3.47. The highest BCUT2D eigenvalue weighted by molar-refractivity contribution is 5.42. The van der Waals surface area contributed by atoms with Gasteiger partial charge in [-0.1, -0.05) is 48.5 Å². The zero-order chi connectivity index (χ0) is 16.1. The van der Waals surface area contributed by atoms with Gasteiger partial charge in [-0.25, -0.2) is 0 Å². The lowest BCUT2D eigenvalue weighted by molar-refractivity contribution is -0.0328. The molecule has 2 aromatic carbocycles. The van der Waals surface area contributed by atoms with Crippen molar-refractivity contribution in [3.63, 3.8) is 0 Å². The molecular weight excluding hydrogens is 284 g/mol. The standard InChI is InChI=1S/C20H26N2O/c1-17(16-21-19-10-6-3-7-11-19)22-14-12-20(23,13-15-22)18-8-4-2-5-9-18/h2-11,17,21,23H,12-16H2,1H3/t17-/m1/s1. The van der Waals surface area contributed by atoms with Crippen LogP contribution < -0.4 is 5.32 Å². The highest BCUT2D eigenvalue weighted by Crippen LogP contribution is 2.33. The fraction of sp³-hybridized carbons (Fsp3) is 0.400. The Morgan fingerprint density at radius 1 is 1.00 bits per heavy atom. The van der Waals surface area contributed by atoms with Crippen molar-refractivity contribution in [2.24, 2.45) is 0 Å². The van der Waals surface area contributed by atoms with Crippen molar-refractivity contribution in [3.05, 3.63) is 66.2 Å². The summed E-state index contributed by atoms with van der Waals surface area (Å²) < 4.78 is 0. The van der Waals surface area contributed by atoms with Crippen molar-refractivity contribution in [1.82, 2.24) is 4.90 Å². The van der Waals surface area contributed by atoms with E-state index in [1.165, 1.54) is 0 Å². The van der Waals surface area contributed by atoms with Crippen molar-refractivity contribution in [1.29, 1.82) is 0 Å². The second-order valence-corrected chi connectivity index (χ2v) is 6.53. The molecular formula is C20H26N2O. The van der Waals surface area contributed by atoms with Crippen LogP contribution in [0.5, 0.6) is 0 Å². The fourth-order valence-corrected chi connectivity index (χ4v) is 3.32. The Balaban J connectivity index is 1.52. The second kappa shape index (κ2) is 7.16. The zero-order valence-corrected chi connectivity index (χ0v) is 13.8. The number of hydrogen-bond acceptors (Lipinski definition) is 3. The normalized spacial score (nSPS) is 19.2. The Bertz CT molecular complexity index is 592. The Hall–Kier alpha value is -1.84. The quantitative estimate of drug-likeness (QED) is 0.887. The first kappa shape index (κ1) is 16.0. The van der Waals surface area contributed by atoms with Gasteiger partial charge in [-0.3, -0.25) is 4.90 Å². The highest BCUT2D eigenvalue weighted by atomic mass is 16.3. The first-order chi connectivity index (χ1) is 11.2. The molecule has 1 aliphatic heterocycles. The molecule has 0 aliphatic carbocycles. The average Bonchev–Trinajstić information content (AvgIpc) is 2.62. The number of anilines is 1. The Morgan fingerprint density at radius 3 is 2.17 bits per heavy atom. The minimum absolute atomic E-state index is 0.454. The smallest absolute Gasteiger partial charge is 0.0920 e. The van der Waals surface area contributed by atoms with Crippen LogP contribution in [0.4, 0.5) is 5.69 Å². The molecule has 0 bridgehead atoms. The van der Waals surface area contributed by atoms with Crippen LogP contribution in [0.15, 0.2) is 60.7 Å². The van der Waals surface area contributed by atoms with Crippen molar-refractivity contribution in [2.75, 3.05) is 25.0 Å². The SMILES string of the molecule is C[C@H](CNc1ccccc1)N1CCC(O)(c2ccccc2)CC1. The summed E-state index contributed by atoms with van der Waals surface area (Å²) in [6, 6.07) is 20.9. The van der Waals surface area contributed by atoms with Crippen LogP contribution in [-0.4, -0.2) is 35.7 Å². The number of nitrogens with zero attached hydrogens (tertiary/aromatic N) is 1. The number of likely N-dealkylation sites (tertiary alicyclic amines) is 1. The number of nitrogens with one attached hydrogen (secondary N) is 1. The molecule has 0 unspecified atom stereocenters. The van der Waals surface area contributed by atoms with E-state index in [-0.39, 0.29) is 0 Å². The van der Waals surface area contributed by atoms with Gasteiger partial charge in [0.15, 0.2) is 0 Å². The Labute approximate surface area is 139 Å². The number of aliphatic hydroxyl groups is 1. The topological polar surface area (TPSA) is 35.5 Å². The molecule has 1 saturated heterocycles. The van der Waals surface area contributed by atoms with E-state index in [9.17, 15) is 5.11 Å². The Morgan fingerprint density at radius 2 is 1.57 bits per heavy atom. The molecule has 0 radical (unpaired) electrons. The molecule has 3 heteroatoms. The van der Waals surface area contributed by atoms with E-state index in [0.29, 0.717) is 6.04 Å². The van der Waals surface area contributed by atoms with Crippen molar-refractivity contribution in [3.8, 4) is 0 Å². The molecule has 23 heavy (non-hydrogen) atoms. The molecule has 0 spiro atoms. The van der Waals surface area contributed by atoms with E-state index in [2.05, 4.69) is 29.3 Å². The molecule has 2 N–H and O–H groups in total. The highest BCUT2D eigenvalue weighted by Gasteiger charge is 2.34. The molecule has 3 nitrogen and oxygen atoms in total. The van der Waals surface area contributed by atoms with E-state index in [1.54, 1.807) is 0 Å². The summed E-state index contributed by atoms with van der Waals surface area (Å²) in [5.74, 6) is 0. The van der Waals surface area contributed by atoms with E-state index < -0.39 is 5.60 Å². The van der Waals surface area contributed by atoms with Crippen LogP contribution in [0.3, 0.4) is 0 Å². The first-order valence-electron chi connectivity index (χ1n) is 8.48. The maximum Gasteiger partial charge on any atom is 0.0920 e. The van der Waals surface area contributed by atoms with Gasteiger partial charge in [0, 0.05) is 31.4 Å². The lowest BCUT2D eigenvalue weighted by Crippen LogP contribution is -2.48. The van der Waals surface area contributed by atoms with Crippen LogP contribution >= 0.6 is 0 Å². The molecule has 0 amide bonds. The van der Waals surface area contributed by atoms with E-state index in [1.807, 2.05) is 48.5 Å². The maximum absolute atomic E-state index is 10.9. The largest absolute Gasteiger partial charge is 0.385 e. The third-order valence-electron chi connectivity index (χ3n) is 4.94. The molecule has 2 aromatic rings. The monoisotopic (exact) mass is 310 g/mol. The molecule has 3 rings (SSSR count). The summed E-state index contributed by atoms with van der Waals surface area (Å²) in [7, 11) is 0. The van der Waals surface area contributed by atoms with E-state index in [0.717, 1.165) is 43.7 Å². The van der Waals surface area contributed by atoms with Crippen molar-refractivity contribution >= 4 is 5.69 Å². The van der Waals surface area contributed by atoms with Gasteiger partial charge in [-0.05, 0) is 37.5 Å². The molecule has 122 valence electrons. The third-order valence-corrected chi connectivity index (χ3v) is 4.94. The van der Waals surface area contributed by atoms with E-state index >= 15 is 0 Å². The number of rotatable bonds is 5. The lowest BCUT2D eigenvalue weighted by Gasteiger charge is -2.41. The summed E-state index contributed by atoms with van der Waals surface area (Å²) in [6.07, 6.45) is 1.60. The van der Waals surface area contributed by atoms with Crippen LogP contribution in [0.1, 0.15) is 25.3 Å². The molecule has 1 fully saturated rings. The number of benzene rings is 2. The number of piperidine rings is 1. The van der Waals surface area contributed by atoms with E-state index in [4.69, 9.17) is 0 Å². The Kier molecular flexibility index (Phi) is 4.99. The van der Waals surface area contributed by atoms with Gasteiger partial charge in [0.2, 0.25) is 0 Å². The summed E-state index contributed by atoms with van der Waals surface area (Å²) in [5.41, 5.74) is 1.55. The summed E-state index contributed by atoms with van der Waals surface area (Å²) in [5, 5.41) is 14.4. The summed E-state index contributed by atoms with van der Waals surface area (Å²) >= 11 is 0. The summed E-state index contributed by atoms with van der Waals surface area (Å²) in [6.45, 7) is 5.04. The number of para-hydroxylation sites is 1. The second-order valence-electron chi connectivity index (χ2n) is 6.53. The predicted molar refractivity (Wildman–Crippen MR) is 95.5 cm³/mol. The van der Waals surface area contributed by atoms with Crippen molar-refractivity contribution < 1.29 is 5.11 Å². The first-order valence-corrected chi connectivity index (χ1v) is 8.48. The van der Waals surface area contributed by atoms with Crippen LogP contribution in [0.2, 0.25) is 0 Å². The molecule has 1 heterocycles. The van der Waals surface area contributed by atoms with Crippen LogP contribution in [0, 0.1) is 0 Å². The zero-order valence-electron chi connectivity index (χ0n) is 13.8. The van der Waals surface area contributed by atoms with Gasteiger partial charge in [0.25, 0.3) is 0 Å². The summed E-state index contributed by atoms with van der Waals surface area (Å²) in [4.78, 5) is 2.47. The van der Waals surface area contributed by atoms with Gasteiger partial charge in [-0.15, -0.1) is 0 Å². The van der Waals surface area contributed by atoms with Gasteiger partial charge < -0.3 is 10.4 Å². The minimum Gasteiger partial charge on any atom is -0.385 e. The van der Waals surface area contributed by atoms with Crippen LogP contribution in [0.25, 0.3) is 0 Å². The number of hydrogen-bond donors (Lipinski definition) is 2. The van der Waals surface area contributed by atoms with Crippen LogP contribution in [-0.2, 0) is 5.60 Å². The third kappa shape index (κ3) is 3.92. The molecule has 0 saturated carbocycles. The molecule has 1 aliphatic rings. The van der Waals surface area contributed by atoms with Crippen molar-refractivity contribution in [2.45, 2.75) is 31.4 Å². The van der Waals surface area contributed by atoms with Gasteiger partial charge in [-0.2, -0.15) is 0 Å².